The first kappa shape index (κ1) is 13.9. The largest absolute Gasteiger partial charge is 0.481 e. The van der Waals surface area contributed by atoms with Gasteiger partial charge in [-0.15, -0.1) is 0 Å². The van der Waals surface area contributed by atoms with Crippen molar-refractivity contribution in [1.82, 2.24) is 4.90 Å². The van der Waals surface area contributed by atoms with Crippen LogP contribution in [0.25, 0.3) is 0 Å². The van der Waals surface area contributed by atoms with Gasteiger partial charge in [-0.05, 0) is 50.4 Å². The van der Waals surface area contributed by atoms with Crippen molar-refractivity contribution in [2.24, 2.45) is 17.3 Å². The maximum absolute atomic E-state index is 12.6. The Balaban J connectivity index is 1.63. The summed E-state index contributed by atoms with van der Waals surface area (Å²) in [5.74, 6) is 0.693. The molecule has 0 aliphatic heterocycles. The molecule has 1 amide bonds. The molecule has 112 valence electrons. The summed E-state index contributed by atoms with van der Waals surface area (Å²) in [4.78, 5) is 26.2. The molecule has 20 heavy (non-hydrogen) atoms. The second-order valence-corrected chi connectivity index (χ2v) is 7.15. The highest BCUT2D eigenvalue weighted by Gasteiger charge is 2.44. The maximum Gasteiger partial charge on any atom is 0.310 e. The van der Waals surface area contributed by atoms with E-state index in [1.807, 2.05) is 4.90 Å². The summed E-state index contributed by atoms with van der Waals surface area (Å²) in [5, 5.41) is 9.51. The third-order valence-corrected chi connectivity index (χ3v) is 5.21. The number of rotatable bonds is 7. The third kappa shape index (κ3) is 3.15. The fraction of sp³-hybridized carbons (Fsp3) is 0.875. The van der Waals surface area contributed by atoms with E-state index in [0.717, 1.165) is 25.9 Å². The van der Waals surface area contributed by atoms with E-state index in [2.05, 4.69) is 0 Å². The summed E-state index contributed by atoms with van der Waals surface area (Å²) in [7, 11) is 0. The van der Waals surface area contributed by atoms with Crippen molar-refractivity contribution >= 4 is 11.9 Å². The highest BCUT2D eigenvalue weighted by molar-refractivity contribution is 5.85. The number of carboxylic acids is 1. The molecule has 0 heterocycles. The molecule has 0 saturated heterocycles. The fourth-order valence-corrected chi connectivity index (χ4v) is 3.42. The van der Waals surface area contributed by atoms with Crippen molar-refractivity contribution in [1.29, 1.82) is 0 Å². The summed E-state index contributed by atoms with van der Waals surface area (Å²) in [6.45, 7) is 1.73. The van der Waals surface area contributed by atoms with Crippen molar-refractivity contribution in [3.8, 4) is 0 Å². The minimum atomic E-state index is -0.763. The van der Waals surface area contributed by atoms with Gasteiger partial charge in [-0.25, -0.2) is 0 Å². The van der Waals surface area contributed by atoms with Gasteiger partial charge < -0.3 is 10.0 Å². The lowest BCUT2D eigenvalue weighted by Crippen LogP contribution is -2.40. The Labute approximate surface area is 120 Å². The smallest absolute Gasteiger partial charge is 0.310 e. The van der Waals surface area contributed by atoms with Crippen LogP contribution >= 0.6 is 0 Å². The molecule has 0 atom stereocenters. The normalized spacial score (nSPS) is 24.6. The summed E-state index contributed by atoms with van der Waals surface area (Å²) < 4.78 is 0. The van der Waals surface area contributed by atoms with E-state index < -0.39 is 11.4 Å². The van der Waals surface area contributed by atoms with Gasteiger partial charge in [0.15, 0.2) is 0 Å². The van der Waals surface area contributed by atoms with Gasteiger partial charge in [0.25, 0.3) is 0 Å². The van der Waals surface area contributed by atoms with Gasteiger partial charge in [0.2, 0.25) is 5.91 Å². The lowest BCUT2D eigenvalue weighted by Gasteiger charge is -2.29. The molecule has 4 heteroatoms. The minimum absolute atomic E-state index is 0.0908. The number of hydrogen-bond donors (Lipinski definition) is 1. The highest BCUT2D eigenvalue weighted by atomic mass is 16.4. The predicted octanol–water partition coefficient (Wildman–Crippen LogP) is 2.67. The Morgan fingerprint density at radius 3 is 1.90 bits per heavy atom. The quantitative estimate of drug-likeness (QED) is 0.779. The molecule has 0 aromatic heterocycles. The molecule has 0 unspecified atom stereocenters. The van der Waals surface area contributed by atoms with E-state index in [9.17, 15) is 14.7 Å². The molecule has 0 aromatic rings. The van der Waals surface area contributed by atoms with Gasteiger partial charge >= 0.3 is 5.97 Å². The van der Waals surface area contributed by atoms with E-state index in [1.165, 1.54) is 25.7 Å². The summed E-state index contributed by atoms with van der Waals surface area (Å²) in [6, 6.07) is 0. The van der Waals surface area contributed by atoms with Crippen LogP contribution in [-0.2, 0) is 9.59 Å². The average Bonchev–Trinajstić information content (AvgIpc) is 3.32. The topological polar surface area (TPSA) is 57.6 Å². The molecule has 0 radical (unpaired) electrons. The summed E-state index contributed by atoms with van der Waals surface area (Å²) in [6.07, 6.45) is 8.41. The second kappa shape index (κ2) is 5.38. The van der Waals surface area contributed by atoms with Crippen molar-refractivity contribution in [3.63, 3.8) is 0 Å². The standard InChI is InChI=1S/C16H25NO3/c18-14(9-16(15(19)20)7-1-2-8-16)17(10-12-3-4-12)11-13-5-6-13/h12-13H,1-11H2,(H,19,20). The molecule has 3 aliphatic carbocycles. The van der Waals surface area contributed by atoms with Crippen LogP contribution in [0.4, 0.5) is 0 Å². The number of carbonyl (C=O) groups excluding carboxylic acids is 1. The first-order chi connectivity index (χ1) is 9.59. The number of amides is 1. The molecule has 0 aromatic carbocycles. The second-order valence-electron chi connectivity index (χ2n) is 7.15. The van der Waals surface area contributed by atoms with Gasteiger partial charge in [0.05, 0.1) is 5.41 Å². The average molecular weight is 279 g/mol. The van der Waals surface area contributed by atoms with Gasteiger partial charge in [0, 0.05) is 19.5 Å². The van der Waals surface area contributed by atoms with Crippen molar-refractivity contribution in [3.05, 3.63) is 0 Å². The molecular weight excluding hydrogens is 254 g/mol. The number of hydrogen-bond acceptors (Lipinski definition) is 2. The lowest BCUT2D eigenvalue weighted by atomic mass is 9.82. The molecule has 3 saturated carbocycles. The third-order valence-electron chi connectivity index (χ3n) is 5.21. The van der Waals surface area contributed by atoms with E-state index in [4.69, 9.17) is 0 Å². The summed E-state index contributed by atoms with van der Waals surface area (Å²) in [5.41, 5.74) is -0.761. The van der Waals surface area contributed by atoms with E-state index >= 15 is 0 Å². The first-order valence-electron chi connectivity index (χ1n) is 8.10. The molecule has 3 rings (SSSR count). The van der Waals surface area contributed by atoms with Crippen LogP contribution in [0.1, 0.15) is 57.8 Å². The van der Waals surface area contributed by atoms with Crippen LogP contribution in [0.5, 0.6) is 0 Å². The predicted molar refractivity (Wildman–Crippen MR) is 75.2 cm³/mol. The zero-order chi connectivity index (χ0) is 14.2. The molecule has 3 aliphatic rings. The molecule has 4 nitrogen and oxygen atoms in total. The fourth-order valence-electron chi connectivity index (χ4n) is 3.42. The van der Waals surface area contributed by atoms with E-state index in [1.54, 1.807) is 0 Å². The van der Waals surface area contributed by atoms with Crippen LogP contribution in [0, 0.1) is 17.3 Å². The zero-order valence-corrected chi connectivity index (χ0v) is 12.1. The number of carboxylic acid groups (broad SMARTS) is 1. The Kier molecular flexibility index (Phi) is 3.74. The first-order valence-corrected chi connectivity index (χ1v) is 8.10. The summed E-state index contributed by atoms with van der Waals surface area (Å²) >= 11 is 0. The monoisotopic (exact) mass is 279 g/mol. The maximum atomic E-state index is 12.6. The molecule has 0 bridgehead atoms. The van der Waals surface area contributed by atoms with Gasteiger partial charge in [-0.2, -0.15) is 0 Å². The minimum Gasteiger partial charge on any atom is -0.481 e. The van der Waals surface area contributed by atoms with Crippen LogP contribution in [0.2, 0.25) is 0 Å². The van der Waals surface area contributed by atoms with E-state index in [-0.39, 0.29) is 12.3 Å². The number of aliphatic carboxylic acids is 1. The van der Waals surface area contributed by atoms with Gasteiger partial charge in [-0.3, -0.25) is 9.59 Å². The van der Waals surface area contributed by atoms with Crippen molar-refractivity contribution in [2.75, 3.05) is 13.1 Å². The highest BCUT2D eigenvalue weighted by Crippen LogP contribution is 2.42. The molecule has 3 fully saturated rings. The SMILES string of the molecule is O=C(CC1(C(=O)O)CCCC1)N(CC1CC1)CC1CC1. The zero-order valence-electron chi connectivity index (χ0n) is 12.1. The Bertz CT molecular complexity index is 379. The number of nitrogens with zero attached hydrogens (tertiary/aromatic N) is 1. The Hall–Kier alpha value is -1.06. The van der Waals surface area contributed by atoms with Crippen molar-refractivity contribution < 1.29 is 14.7 Å². The van der Waals surface area contributed by atoms with Crippen molar-refractivity contribution in [2.45, 2.75) is 57.8 Å². The van der Waals surface area contributed by atoms with Gasteiger partial charge in [-0.1, -0.05) is 12.8 Å². The Morgan fingerprint density at radius 1 is 1.00 bits per heavy atom. The number of carbonyl (C=O) groups is 2. The lowest BCUT2D eigenvalue weighted by molar-refractivity contribution is -0.153. The van der Waals surface area contributed by atoms with Crippen LogP contribution < -0.4 is 0 Å². The van der Waals surface area contributed by atoms with Crippen LogP contribution in [0.3, 0.4) is 0 Å². The Morgan fingerprint density at radius 2 is 1.50 bits per heavy atom. The van der Waals surface area contributed by atoms with E-state index in [0.29, 0.717) is 24.7 Å². The van der Waals surface area contributed by atoms with Crippen LogP contribution in [-0.4, -0.2) is 35.0 Å². The van der Waals surface area contributed by atoms with Gasteiger partial charge in [0.1, 0.15) is 0 Å². The molecule has 0 spiro atoms. The molecule has 1 N–H and O–H groups in total. The molecular formula is C16H25NO3. The van der Waals surface area contributed by atoms with Crippen LogP contribution in [0.15, 0.2) is 0 Å².